The van der Waals surface area contributed by atoms with Crippen LogP contribution in [-0.4, -0.2) is 15.0 Å². The van der Waals surface area contributed by atoms with Gasteiger partial charge in [-0.3, -0.25) is 0 Å². The Labute approximate surface area is 372 Å². The Hall–Kier alpha value is -8.72. The Morgan fingerprint density at radius 1 is 0.359 bits per heavy atom. The van der Waals surface area contributed by atoms with Gasteiger partial charge in [-0.1, -0.05) is 194 Å². The lowest BCUT2D eigenvalue weighted by molar-refractivity contribution is 0.436. The smallest absolute Gasteiger partial charge is 0.164 e. The summed E-state index contributed by atoms with van der Waals surface area (Å²) in [6.45, 7) is 0. The Kier molecular flexibility index (Phi) is 9.72. The SMILES string of the molecule is N#Cc1ccc(-c2cccc(-c3nc(-c4ccccc4)nc(-c4cccc(-c5cccc(-c6cccc7c6Oc6ccccc6C7(c6ccccc6)c6ccccc6)c5)c4)n3)c2)cc1. The van der Waals surface area contributed by atoms with Gasteiger partial charge < -0.3 is 4.74 Å². The van der Waals surface area contributed by atoms with Crippen molar-refractivity contribution < 1.29 is 4.74 Å². The van der Waals surface area contributed by atoms with Crippen molar-refractivity contribution in [1.29, 1.82) is 5.26 Å². The lowest BCUT2D eigenvalue weighted by Gasteiger charge is -2.42. The van der Waals surface area contributed by atoms with Crippen LogP contribution in [0, 0.1) is 11.3 Å². The lowest BCUT2D eigenvalue weighted by Crippen LogP contribution is -2.34. The van der Waals surface area contributed by atoms with E-state index in [1.165, 1.54) is 11.1 Å². The molecule has 0 amide bonds. The van der Waals surface area contributed by atoms with E-state index in [2.05, 4.69) is 164 Å². The van der Waals surface area contributed by atoms with Crippen molar-refractivity contribution >= 4 is 0 Å². The van der Waals surface area contributed by atoms with Crippen molar-refractivity contribution in [3.63, 3.8) is 0 Å². The number of nitrogens with zero attached hydrogens (tertiary/aromatic N) is 4. The minimum atomic E-state index is -0.610. The molecule has 0 N–H and O–H groups in total. The molecule has 0 saturated carbocycles. The number of hydrogen-bond acceptors (Lipinski definition) is 5. The van der Waals surface area contributed by atoms with Crippen LogP contribution in [0.25, 0.3) is 67.5 Å². The average molecular weight is 819 g/mol. The molecule has 9 aromatic carbocycles. The van der Waals surface area contributed by atoms with Gasteiger partial charge in [0.15, 0.2) is 17.5 Å². The van der Waals surface area contributed by atoms with Crippen LogP contribution in [0.1, 0.15) is 27.8 Å². The lowest BCUT2D eigenvalue weighted by atomic mass is 9.63. The predicted octanol–water partition coefficient (Wildman–Crippen LogP) is 14.2. The molecule has 300 valence electrons. The number of benzene rings is 9. The molecule has 1 aliphatic heterocycles. The number of hydrogen-bond donors (Lipinski definition) is 0. The van der Waals surface area contributed by atoms with E-state index in [-0.39, 0.29) is 0 Å². The van der Waals surface area contributed by atoms with Gasteiger partial charge in [-0.15, -0.1) is 0 Å². The largest absolute Gasteiger partial charge is 0.456 e. The van der Waals surface area contributed by atoms with Crippen LogP contribution >= 0.6 is 0 Å². The van der Waals surface area contributed by atoms with Gasteiger partial charge in [-0.25, -0.2) is 15.0 Å². The molecule has 11 rings (SSSR count). The maximum atomic E-state index is 9.34. The zero-order valence-corrected chi connectivity index (χ0v) is 34.6. The molecule has 64 heavy (non-hydrogen) atoms. The first-order valence-electron chi connectivity index (χ1n) is 21.3. The summed E-state index contributed by atoms with van der Waals surface area (Å²) in [6.07, 6.45) is 0. The molecule has 0 spiro atoms. The topological polar surface area (TPSA) is 71.7 Å². The average Bonchev–Trinajstić information content (AvgIpc) is 3.38. The molecule has 0 fully saturated rings. The highest BCUT2D eigenvalue weighted by Crippen LogP contribution is 2.57. The van der Waals surface area contributed by atoms with Crippen molar-refractivity contribution in [1.82, 2.24) is 15.0 Å². The van der Waals surface area contributed by atoms with Crippen LogP contribution < -0.4 is 4.74 Å². The van der Waals surface area contributed by atoms with E-state index >= 15 is 0 Å². The van der Waals surface area contributed by atoms with Crippen molar-refractivity contribution in [2.75, 3.05) is 0 Å². The summed E-state index contributed by atoms with van der Waals surface area (Å²) >= 11 is 0. The molecular formula is C59H38N4O. The van der Waals surface area contributed by atoms with E-state index in [9.17, 15) is 5.26 Å². The molecule has 2 heterocycles. The minimum absolute atomic E-state index is 0.573. The zero-order chi connectivity index (χ0) is 42.9. The molecule has 5 heteroatoms. The van der Waals surface area contributed by atoms with Crippen LogP contribution in [0.3, 0.4) is 0 Å². The van der Waals surface area contributed by atoms with Crippen molar-refractivity contribution in [3.05, 3.63) is 258 Å². The molecule has 10 aromatic rings. The second-order valence-electron chi connectivity index (χ2n) is 15.9. The van der Waals surface area contributed by atoms with Crippen LogP contribution in [0.2, 0.25) is 0 Å². The molecule has 1 aromatic heterocycles. The summed E-state index contributed by atoms with van der Waals surface area (Å²) in [5.41, 5.74) is 13.4. The van der Waals surface area contributed by atoms with E-state index in [1.807, 2.05) is 72.8 Å². The molecule has 0 saturated heterocycles. The van der Waals surface area contributed by atoms with Gasteiger partial charge in [0.2, 0.25) is 0 Å². The molecule has 0 unspecified atom stereocenters. The zero-order valence-electron chi connectivity index (χ0n) is 34.6. The van der Waals surface area contributed by atoms with E-state index in [1.54, 1.807) is 0 Å². The molecule has 0 bridgehead atoms. The predicted molar refractivity (Wildman–Crippen MR) is 256 cm³/mol. The molecule has 0 atom stereocenters. The minimum Gasteiger partial charge on any atom is -0.456 e. The van der Waals surface area contributed by atoms with Crippen molar-refractivity contribution in [2.24, 2.45) is 0 Å². The van der Waals surface area contributed by atoms with Gasteiger partial charge in [0, 0.05) is 33.4 Å². The summed E-state index contributed by atoms with van der Waals surface area (Å²) in [5.74, 6) is 3.42. The number of aromatic nitrogens is 3. The fourth-order valence-corrected chi connectivity index (χ4v) is 9.08. The Bertz CT molecular complexity index is 3320. The van der Waals surface area contributed by atoms with Crippen LogP contribution in [-0.2, 0) is 5.41 Å². The third-order valence-electron chi connectivity index (χ3n) is 12.1. The first-order chi connectivity index (χ1) is 31.7. The summed E-state index contributed by atoms with van der Waals surface area (Å²) in [6, 6.07) is 81.6. The van der Waals surface area contributed by atoms with Crippen LogP contribution in [0.5, 0.6) is 11.5 Å². The van der Waals surface area contributed by atoms with E-state index in [4.69, 9.17) is 19.7 Å². The third-order valence-corrected chi connectivity index (χ3v) is 12.1. The van der Waals surface area contributed by atoms with Crippen LogP contribution in [0.15, 0.2) is 231 Å². The first-order valence-corrected chi connectivity index (χ1v) is 21.3. The second-order valence-corrected chi connectivity index (χ2v) is 15.9. The summed E-state index contributed by atoms with van der Waals surface area (Å²) in [7, 11) is 0. The second kappa shape index (κ2) is 16.3. The van der Waals surface area contributed by atoms with E-state index < -0.39 is 5.41 Å². The number of nitriles is 1. The summed E-state index contributed by atoms with van der Waals surface area (Å²) in [4.78, 5) is 15.2. The van der Waals surface area contributed by atoms with Crippen LogP contribution in [0.4, 0.5) is 0 Å². The van der Waals surface area contributed by atoms with Gasteiger partial charge in [-0.2, -0.15) is 5.26 Å². The fourth-order valence-electron chi connectivity index (χ4n) is 9.08. The van der Waals surface area contributed by atoms with E-state index in [0.29, 0.717) is 23.0 Å². The monoisotopic (exact) mass is 818 g/mol. The molecule has 1 aliphatic rings. The van der Waals surface area contributed by atoms with Gasteiger partial charge >= 0.3 is 0 Å². The first kappa shape index (κ1) is 38.2. The van der Waals surface area contributed by atoms with Gasteiger partial charge in [0.05, 0.1) is 17.0 Å². The molecule has 0 radical (unpaired) electrons. The maximum Gasteiger partial charge on any atom is 0.164 e. The highest BCUT2D eigenvalue weighted by Gasteiger charge is 2.45. The molecule has 5 nitrogen and oxygen atoms in total. The number of para-hydroxylation sites is 2. The maximum absolute atomic E-state index is 9.34. The highest BCUT2D eigenvalue weighted by atomic mass is 16.5. The van der Waals surface area contributed by atoms with Gasteiger partial charge in [0.1, 0.15) is 11.5 Å². The third kappa shape index (κ3) is 6.81. The molecular weight excluding hydrogens is 781 g/mol. The summed E-state index contributed by atoms with van der Waals surface area (Å²) in [5, 5.41) is 9.34. The van der Waals surface area contributed by atoms with Crippen molar-refractivity contribution in [2.45, 2.75) is 5.41 Å². The van der Waals surface area contributed by atoms with Gasteiger partial charge in [-0.05, 0) is 75.3 Å². The normalized spacial score (nSPS) is 12.3. The molecule has 0 aliphatic carbocycles. The van der Waals surface area contributed by atoms with Crippen molar-refractivity contribution in [3.8, 4) is 85.1 Å². The quantitative estimate of drug-likeness (QED) is 0.153. The fraction of sp³-hybridized carbons (Fsp3) is 0.0169. The summed E-state index contributed by atoms with van der Waals surface area (Å²) < 4.78 is 6.99. The Balaban J connectivity index is 1.01. The number of fused-ring (bicyclic) bond motifs is 2. The van der Waals surface area contributed by atoms with E-state index in [0.717, 1.165) is 72.7 Å². The highest BCUT2D eigenvalue weighted by molar-refractivity contribution is 5.83. The number of ether oxygens (including phenoxy) is 1. The standard InChI is InChI=1S/C59H38N4O/c60-39-40-32-34-41(35-33-40)43-18-13-22-47(37-43)57-61-56(42-16-4-1-5-17-42)62-58(63-57)48-23-14-20-45(38-48)44-19-12-21-46(36-44)51-28-15-30-53-55(51)64-54-31-11-10-29-52(54)59(53,49-24-6-2-7-25-49)50-26-8-3-9-27-50/h1-38H. The Morgan fingerprint density at radius 2 is 0.797 bits per heavy atom. The Morgan fingerprint density at radius 3 is 1.39 bits per heavy atom. The number of rotatable bonds is 8. The van der Waals surface area contributed by atoms with Gasteiger partial charge in [0.25, 0.3) is 0 Å².